The van der Waals surface area contributed by atoms with Gasteiger partial charge in [0.1, 0.15) is 5.75 Å². The summed E-state index contributed by atoms with van der Waals surface area (Å²) in [7, 11) is 0. The molecule has 0 aliphatic rings. The zero-order chi connectivity index (χ0) is 10.6. The smallest absolute Gasteiger partial charge is 0.303 e. The molecule has 0 heterocycles. The van der Waals surface area contributed by atoms with Crippen LogP contribution in [0.2, 0.25) is 0 Å². The molecule has 0 saturated heterocycles. The molecule has 3 nitrogen and oxygen atoms in total. The predicted molar refractivity (Wildman–Crippen MR) is 55.8 cm³/mol. The number of phenolic OH excluding ortho intramolecular Hbond substituents is 1. The number of hydrogen-bond acceptors (Lipinski definition) is 3. The van der Waals surface area contributed by atoms with Gasteiger partial charge in [-0.2, -0.15) is 0 Å². The van der Waals surface area contributed by atoms with E-state index in [2.05, 4.69) is 0 Å². The third-order valence-corrected chi connectivity index (χ3v) is 2.66. The van der Waals surface area contributed by atoms with Gasteiger partial charge in [0, 0.05) is 11.3 Å². The molecular formula is C10H12O3S. The van der Waals surface area contributed by atoms with Crippen molar-refractivity contribution in [1.82, 2.24) is 0 Å². The molecule has 0 bridgehead atoms. The molecule has 1 aromatic carbocycles. The summed E-state index contributed by atoms with van der Waals surface area (Å²) in [5.74, 6) is -0.598. The van der Waals surface area contributed by atoms with Gasteiger partial charge >= 0.3 is 5.97 Å². The first-order chi connectivity index (χ1) is 6.63. The standard InChI is InChI=1S/C10H12O3S/c1-14-9-4-2-7(6-8(9)11)3-5-10(12)13/h2,4,6,11H,3,5H2,1H3,(H,12,13). The summed E-state index contributed by atoms with van der Waals surface area (Å²) >= 11 is 1.46. The van der Waals surface area contributed by atoms with Gasteiger partial charge in [0.05, 0.1) is 0 Å². The van der Waals surface area contributed by atoms with Crippen LogP contribution in [0.5, 0.6) is 5.75 Å². The molecule has 14 heavy (non-hydrogen) atoms. The second kappa shape index (κ2) is 4.91. The number of rotatable bonds is 4. The Labute approximate surface area is 86.8 Å². The summed E-state index contributed by atoms with van der Waals surface area (Å²) in [6.45, 7) is 0. The third kappa shape index (κ3) is 2.96. The highest BCUT2D eigenvalue weighted by Gasteiger charge is 2.03. The van der Waals surface area contributed by atoms with E-state index in [1.54, 1.807) is 12.1 Å². The average Bonchev–Trinajstić information content (AvgIpc) is 2.15. The molecular weight excluding hydrogens is 200 g/mol. The first kappa shape index (κ1) is 10.9. The van der Waals surface area contributed by atoms with E-state index < -0.39 is 5.97 Å². The molecule has 4 heteroatoms. The van der Waals surface area contributed by atoms with Gasteiger partial charge in [0.25, 0.3) is 0 Å². The molecule has 0 atom stereocenters. The lowest BCUT2D eigenvalue weighted by Crippen LogP contribution is -1.97. The van der Waals surface area contributed by atoms with Crippen LogP contribution in [-0.2, 0) is 11.2 Å². The van der Waals surface area contributed by atoms with Gasteiger partial charge in [-0.3, -0.25) is 4.79 Å². The minimum absolute atomic E-state index is 0.0953. The number of hydrogen-bond donors (Lipinski definition) is 2. The van der Waals surface area contributed by atoms with Crippen LogP contribution < -0.4 is 0 Å². The highest BCUT2D eigenvalue weighted by atomic mass is 32.2. The Hall–Kier alpha value is -1.16. The maximum atomic E-state index is 10.3. The maximum absolute atomic E-state index is 10.3. The lowest BCUT2D eigenvalue weighted by Gasteiger charge is -2.03. The van der Waals surface area contributed by atoms with Gasteiger partial charge in [-0.15, -0.1) is 11.8 Å². The Kier molecular flexibility index (Phi) is 3.83. The molecule has 0 aromatic heterocycles. The van der Waals surface area contributed by atoms with Crippen LogP contribution in [0.4, 0.5) is 0 Å². The zero-order valence-corrected chi connectivity index (χ0v) is 8.67. The van der Waals surface area contributed by atoms with Gasteiger partial charge < -0.3 is 10.2 Å². The van der Waals surface area contributed by atoms with Crippen LogP contribution in [-0.4, -0.2) is 22.4 Å². The quantitative estimate of drug-likeness (QED) is 0.751. The maximum Gasteiger partial charge on any atom is 0.303 e. The van der Waals surface area contributed by atoms with Crippen LogP contribution in [0.1, 0.15) is 12.0 Å². The zero-order valence-electron chi connectivity index (χ0n) is 7.86. The Balaban J connectivity index is 2.71. The van der Waals surface area contributed by atoms with Crippen molar-refractivity contribution in [2.45, 2.75) is 17.7 Å². The first-order valence-electron chi connectivity index (χ1n) is 4.21. The number of benzene rings is 1. The first-order valence-corrected chi connectivity index (χ1v) is 5.43. The van der Waals surface area contributed by atoms with E-state index in [0.717, 1.165) is 10.5 Å². The Morgan fingerprint density at radius 1 is 1.50 bits per heavy atom. The number of carboxylic acid groups (broad SMARTS) is 1. The lowest BCUT2D eigenvalue weighted by atomic mass is 10.1. The van der Waals surface area contributed by atoms with Crippen LogP contribution >= 0.6 is 11.8 Å². The molecule has 1 aromatic rings. The third-order valence-electron chi connectivity index (χ3n) is 1.87. The Bertz CT molecular complexity index is 336. The SMILES string of the molecule is CSc1ccc(CCC(=O)O)cc1O. The summed E-state index contributed by atoms with van der Waals surface area (Å²) in [6.07, 6.45) is 2.43. The summed E-state index contributed by atoms with van der Waals surface area (Å²) in [6, 6.07) is 5.26. The number of aliphatic carboxylic acids is 1. The molecule has 0 saturated carbocycles. The van der Waals surface area contributed by atoms with Crippen LogP contribution in [0.25, 0.3) is 0 Å². The fourth-order valence-corrected chi connectivity index (χ4v) is 1.61. The summed E-state index contributed by atoms with van der Waals surface area (Å²) < 4.78 is 0. The highest BCUT2D eigenvalue weighted by molar-refractivity contribution is 7.98. The molecule has 0 fully saturated rings. The number of thioether (sulfide) groups is 1. The average molecular weight is 212 g/mol. The molecule has 0 amide bonds. The van der Waals surface area contributed by atoms with Gasteiger partial charge in [-0.25, -0.2) is 0 Å². The molecule has 0 aliphatic carbocycles. The predicted octanol–water partition coefficient (Wildman–Crippen LogP) is 2.13. The number of aromatic hydroxyl groups is 1. The minimum atomic E-state index is -0.821. The van der Waals surface area contributed by atoms with Crippen molar-refractivity contribution in [2.24, 2.45) is 0 Å². The second-order valence-corrected chi connectivity index (χ2v) is 3.75. The van der Waals surface area contributed by atoms with E-state index in [0.29, 0.717) is 6.42 Å². The molecule has 0 unspecified atom stereocenters. The molecule has 76 valence electrons. The van der Waals surface area contributed by atoms with Crippen molar-refractivity contribution in [3.05, 3.63) is 23.8 Å². The largest absolute Gasteiger partial charge is 0.507 e. The van der Waals surface area contributed by atoms with Crippen LogP contribution in [0, 0.1) is 0 Å². The number of carbonyl (C=O) groups is 1. The minimum Gasteiger partial charge on any atom is -0.507 e. The normalized spacial score (nSPS) is 10.1. The van der Waals surface area contributed by atoms with Crippen molar-refractivity contribution in [3.63, 3.8) is 0 Å². The van der Waals surface area contributed by atoms with Crippen LogP contribution in [0.3, 0.4) is 0 Å². The Morgan fingerprint density at radius 3 is 2.71 bits per heavy atom. The van der Waals surface area contributed by atoms with Gasteiger partial charge in [-0.05, 0) is 30.4 Å². The van der Waals surface area contributed by atoms with Gasteiger partial charge in [0.15, 0.2) is 0 Å². The molecule has 0 radical (unpaired) electrons. The molecule has 2 N–H and O–H groups in total. The fourth-order valence-electron chi connectivity index (χ4n) is 1.14. The van der Waals surface area contributed by atoms with Crippen molar-refractivity contribution < 1.29 is 15.0 Å². The fraction of sp³-hybridized carbons (Fsp3) is 0.300. The molecule has 0 aliphatic heterocycles. The number of carboxylic acids is 1. The van der Waals surface area contributed by atoms with E-state index in [9.17, 15) is 9.90 Å². The molecule has 0 spiro atoms. The second-order valence-electron chi connectivity index (χ2n) is 2.90. The molecule has 1 rings (SSSR count). The lowest BCUT2D eigenvalue weighted by molar-refractivity contribution is -0.136. The van der Waals surface area contributed by atoms with E-state index in [4.69, 9.17) is 5.11 Å². The topological polar surface area (TPSA) is 57.5 Å². The van der Waals surface area contributed by atoms with Crippen LogP contribution in [0.15, 0.2) is 23.1 Å². The van der Waals surface area contributed by atoms with Crippen molar-refractivity contribution in [2.75, 3.05) is 6.26 Å². The van der Waals surface area contributed by atoms with E-state index >= 15 is 0 Å². The number of aryl methyl sites for hydroxylation is 1. The van der Waals surface area contributed by atoms with Crippen molar-refractivity contribution in [1.29, 1.82) is 0 Å². The van der Waals surface area contributed by atoms with Gasteiger partial charge in [-0.1, -0.05) is 6.07 Å². The van der Waals surface area contributed by atoms with E-state index in [-0.39, 0.29) is 12.2 Å². The van der Waals surface area contributed by atoms with Crippen molar-refractivity contribution in [3.8, 4) is 5.75 Å². The summed E-state index contributed by atoms with van der Waals surface area (Å²) in [5, 5.41) is 18.0. The van der Waals surface area contributed by atoms with E-state index in [1.807, 2.05) is 12.3 Å². The van der Waals surface area contributed by atoms with Crippen molar-refractivity contribution >= 4 is 17.7 Å². The Morgan fingerprint density at radius 2 is 2.21 bits per heavy atom. The summed E-state index contributed by atoms with van der Waals surface area (Å²) in [4.78, 5) is 11.1. The van der Waals surface area contributed by atoms with Gasteiger partial charge in [0.2, 0.25) is 0 Å². The number of phenols is 1. The van der Waals surface area contributed by atoms with E-state index in [1.165, 1.54) is 11.8 Å². The summed E-state index contributed by atoms with van der Waals surface area (Å²) in [5.41, 5.74) is 0.850. The monoisotopic (exact) mass is 212 g/mol. The highest BCUT2D eigenvalue weighted by Crippen LogP contribution is 2.27.